The lowest BCUT2D eigenvalue weighted by Gasteiger charge is -2.38. The van der Waals surface area contributed by atoms with Crippen molar-refractivity contribution in [2.45, 2.75) is 37.8 Å². The van der Waals surface area contributed by atoms with Gasteiger partial charge in [-0.25, -0.2) is 14.6 Å². The molecule has 4 rings (SSSR count). The van der Waals surface area contributed by atoms with Crippen molar-refractivity contribution in [3.05, 3.63) is 58.7 Å². The van der Waals surface area contributed by atoms with E-state index >= 15 is 0 Å². The van der Waals surface area contributed by atoms with E-state index < -0.39 is 11.9 Å². The van der Waals surface area contributed by atoms with Crippen molar-refractivity contribution < 1.29 is 24.5 Å². The van der Waals surface area contributed by atoms with Crippen molar-refractivity contribution in [3.8, 4) is 0 Å². The maximum absolute atomic E-state index is 11.9. The van der Waals surface area contributed by atoms with Crippen LogP contribution < -0.4 is 5.32 Å². The third-order valence-corrected chi connectivity index (χ3v) is 6.13. The Kier molecular flexibility index (Phi) is 5.44. The normalized spacial score (nSPS) is 17.8. The number of nitrogens with zero attached hydrogens (tertiary/aromatic N) is 2. The second-order valence-electron chi connectivity index (χ2n) is 7.76. The number of nitrogens with one attached hydrogen (secondary N) is 1. The molecule has 0 saturated carbocycles. The molecule has 2 aromatic rings. The summed E-state index contributed by atoms with van der Waals surface area (Å²) in [4.78, 5) is 28.0. The summed E-state index contributed by atoms with van der Waals surface area (Å²) in [5, 5.41) is 22.3. The molecule has 0 aliphatic carbocycles. The van der Waals surface area contributed by atoms with Gasteiger partial charge in [-0.2, -0.15) is 0 Å². The van der Waals surface area contributed by atoms with Crippen LogP contribution in [0.3, 0.4) is 0 Å². The SMILES string of the molecule is COCc1c(/C(=C/C(=O)O)C(=O)O)nc2n1CCc1ccccc1C21CCNCC1. The number of aromatic nitrogens is 2. The van der Waals surface area contributed by atoms with Crippen molar-refractivity contribution in [3.63, 3.8) is 0 Å². The molecule has 1 spiro atoms. The lowest BCUT2D eigenvalue weighted by Crippen LogP contribution is -2.42. The minimum atomic E-state index is -1.32. The maximum atomic E-state index is 11.9. The van der Waals surface area contributed by atoms with Gasteiger partial charge >= 0.3 is 11.9 Å². The number of piperidine rings is 1. The van der Waals surface area contributed by atoms with E-state index in [1.807, 2.05) is 12.1 Å². The zero-order chi connectivity index (χ0) is 21.3. The predicted octanol–water partition coefficient (Wildman–Crippen LogP) is 1.81. The number of hydrogen-bond acceptors (Lipinski definition) is 5. The fourth-order valence-corrected chi connectivity index (χ4v) is 4.85. The first-order chi connectivity index (χ1) is 14.5. The Morgan fingerprint density at radius 3 is 2.67 bits per heavy atom. The van der Waals surface area contributed by atoms with Gasteiger partial charge < -0.3 is 24.8 Å². The third-order valence-electron chi connectivity index (χ3n) is 6.13. The fraction of sp³-hybridized carbons (Fsp3) is 0.409. The Morgan fingerprint density at radius 1 is 1.27 bits per heavy atom. The van der Waals surface area contributed by atoms with Crippen LogP contribution in [0.5, 0.6) is 0 Å². The number of fused-ring (bicyclic) bond motifs is 4. The summed E-state index contributed by atoms with van der Waals surface area (Å²) in [5.74, 6) is -1.84. The Morgan fingerprint density at radius 2 is 2.00 bits per heavy atom. The van der Waals surface area contributed by atoms with Gasteiger partial charge in [0.25, 0.3) is 0 Å². The predicted molar refractivity (Wildman–Crippen MR) is 109 cm³/mol. The van der Waals surface area contributed by atoms with E-state index in [4.69, 9.17) is 9.72 Å². The van der Waals surface area contributed by atoms with Crippen LogP contribution in [0.1, 0.15) is 41.2 Å². The standard InChI is InChI=1S/C22H25N3O5/c1-30-13-17-19(15(20(28)29)12-18(26)27)24-21-22(7-9-23-10-8-22)16-5-3-2-4-14(16)6-11-25(17)21/h2-5,12,23H,6-11,13H2,1H3,(H,26,27)(H,28,29)/b15-12-. The number of rotatable bonds is 5. The van der Waals surface area contributed by atoms with Crippen molar-refractivity contribution >= 4 is 17.5 Å². The molecule has 1 saturated heterocycles. The van der Waals surface area contributed by atoms with Gasteiger partial charge in [0.2, 0.25) is 0 Å². The number of carboxylic acid groups (broad SMARTS) is 2. The van der Waals surface area contributed by atoms with Crippen molar-refractivity contribution in [2.75, 3.05) is 20.2 Å². The summed E-state index contributed by atoms with van der Waals surface area (Å²) in [6, 6.07) is 8.37. The van der Waals surface area contributed by atoms with Crippen LogP contribution in [-0.2, 0) is 39.3 Å². The average Bonchev–Trinajstić information content (AvgIpc) is 3.04. The molecule has 1 aromatic carbocycles. The van der Waals surface area contributed by atoms with E-state index in [2.05, 4.69) is 22.0 Å². The minimum absolute atomic E-state index is 0.150. The molecular formula is C22H25N3O5. The Balaban J connectivity index is 2.00. The topological polar surface area (TPSA) is 114 Å². The summed E-state index contributed by atoms with van der Waals surface area (Å²) in [6.07, 6.45) is 3.17. The highest BCUT2D eigenvalue weighted by atomic mass is 16.5. The molecule has 0 atom stereocenters. The number of imidazole rings is 1. The van der Waals surface area contributed by atoms with Crippen LogP contribution >= 0.6 is 0 Å². The molecule has 158 valence electrons. The zero-order valence-electron chi connectivity index (χ0n) is 16.9. The van der Waals surface area contributed by atoms with E-state index in [0.717, 1.165) is 38.2 Å². The molecule has 2 aliphatic rings. The van der Waals surface area contributed by atoms with Gasteiger partial charge in [-0.05, 0) is 43.5 Å². The molecule has 0 radical (unpaired) electrons. The fourth-order valence-electron chi connectivity index (χ4n) is 4.85. The van der Waals surface area contributed by atoms with E-state index in [1.54, 1.807) is 0 Å². The van der Waals surface area contributed by atoms with Gasteiger partial charge in [0, 0.05) is 19.7 Å². The van der Waals surface area contributed by atoms with Crippen LogP contribution in [0, 0.1) is 0 Å². The number of benzene rings is 1. The number of methoxy groups -OCH3 is 1. The summed E-state index contributed by atoms with van der Waals surface area (Å²) < 4.78 is 7.44. The Labute approximate surface area is 174 Å². The summed E-state index contributed by atoms with van der Waals surface area (Å²) in [6.45, 7) is 2.43. The number of aliphatic carboxylic acids is 2. The molecule has 3 N–H and O–H groups in total. The first kappa shape index (κ1) is 20.3. The molecule has 1 fully saturated rings. The number of ether oxygens (including phenoxy) is 1. The molecule has 2 aliphatic heterocycles. The number of aryl methyl sites for hydroxylation is 1. The molecule has 8 heteroatoms. The number of hydrogen-bond donors (Lipinski definition) is 3. The molecule has 1 aromatic heterocycles. The average molecular weight is 411 g/mol. The quantitative estimate of drug-likeness (QED) is 0.643. The second-order valence-corrected chi connectivity index (χ2v) is 7.76. The lowest BCUT2D eigenvalue weighted by molar-refractivity contribution is -0.133. The second kappa shape index (κ2) is 8.04. The zero-order valence-corrected chi connectivity index (χ0v) is 16.9. The first-order valence-corrected chi connectivity index (χ1v) is 10.0. The smallest absolute Gasteiger partial charge is 0.338 e. The molecule has 0 bridgehead atoms. The maximum Gasteiger partial charge on any atom is 0.338 e. The van der Waals surface area contributed by atoms with E-state index in [1.165, 1.54) is 18.2 Å². The van der Waals surface area contributed by atoms with Gasteiger partial charge in [-0.1, -0.05) is 24.3 Å². The molecular weight excluding hydrogens is 386 g/mol. The van der Waals surface area contributed by atoms with Gasteiger partial charge in [0.05, 0.1) is 23.3 Å². The Bertz CT molecular complexity index is 1020. The third kappa shape index (κ3) is 3.32. The van der Waals surface area contributed by atoms with Crippen molar-refractivity contribution in [1.82, 2.24) is 14.9 Å². The van der Waals surface area contributed by atoms with Gasteiger partial charge in [0.1, 0.15) is 11.5 Å². The molecule has 0 unspecified atom stereocenters. The molecule has 30 heavy (non-hydrogen) atoms. The Hall–Kier alpha value is -2.97. The highest BCUT2D eigenvalue weighted by Gasteiger charge is 2.44. The van der Waals surface area contributed by atoms with Gasteiger partial charge in [-0.15, -0.1) is 0 Å². The van der Waals surface area contributed by atoms with Crippen LogP contribution in [0.2, 0.25) is 0 Å². The minimum Gasteiger partial charge on any atom is -0.478 e. The summed E-state index contributed by atoms with van der Waals surface area (Å²) in [7, 11) is 1.54. The molecule has 0 amide bonds. The largest absolute Gasteiger partial charge is 0.478 e. The van der Waals surface area contributed by atoms with E-state index in [9.17, 15) is 19.8 Å². The highest BCUT2D eigenvalue weighted by molar-refractivity contribution is 6.19. The number of carboxylic acids is 2. The van der Waals surface area contributed by atoms with Gasteiger partial charge in [-0.3, -0.25) is 0 Å². The number of carbonyl (C=O) groups is 2. The molecule has 8 nitrogen and oxygen atoms in total. The lowest BCUT2D eigenvalue weighted by atomic mass is 9.71. The van der Waals surface area contributed by atoms with Gasteiger partial charge in [0.15, 0.2) is 0 Å². The van der Waals surface area contributed by atoms with Crippen molar-refractivity contribution in [2.24, 2.45) is 0 Å². The monoisotopic (exact) mass is 411 g/mol. The van der Waals surface area contributed by atoms with E-state index in [-0.39, 0.29) is 23.3 Å². The van der Waals surface area contributed by atoms with Crippen LogP contribution in [-0.4, -0.2) is 51.9 Å². The van der Waals surface area contributed by atoms with Crippen LogP contribution in [0.25, 0.3) is 5.57 Å². The summed E-state index contributed by atoms with van der Waals surface area (Å²) in [5.41, 5.74) is 2.60. The molecule has 3 heterocycles. The van der Waals surface area contributed by atoms with Crippen molar-refractivity contribution in [1.29, 1.82) is 0 Å². The summed E-state index contributed by atoms with van der Waals surface area (Å²) >= 11 is 0. The van der Waals surface area contributed by atoms with Crippen LogP contribution in [0.15, 0.2) is 30.3 Å². The first-order valence-electron chi connectivity index (χ1n) is 10.0. The highest BCUT2D eigenvalue weighted by Crippen LogP contribution is 2.44. The van der Waals surface area contributed by atoms with E-state index in [0.29, 0.717) is 18.3 Å². The van der Waals surface area contributed by atoms with Crippen LogP contribution in [0.4, 0.5) is 0 Å².